The van der Waals surface area contributed by atoms with Crippen molar-refractivity contribution in [1.29, 1.82) is 0 Å². The average Bonchev–Trinajstić information content (AvgIpc) is 2.98. The fraction of sp³-hybridized carbons (Fsp3) is 0.400. The van der Waals surface area contributed by atoms with Gasteiger partial charge in [-0.15, -0.1) is 0 Å². The van der Waals surface area contributed by atoms with E-state index in [0.717, 1.165) is 24.8 Å². The average molecular weight is 287 g/mol. The summed E-state index contributed by atoms with van der Waals surface area (Å²) in [5, 5.41) is 10.0. The summed E-state index contributed by atoms with van der Waals surface area (Å²) >= 11 is 0. The highest BCUT2D eigenvalue weighted by atomic mass is 16.5. The molecule has 1 saturated heterocycles. The molecule has 0 bridgehead atoms. The fourth-order valence-corrected chi connectivity index (χ4v) is 2.63. The van der Waals surface area contributed by atoms with Gasteiger partial charge in [0.15, 0.2) is 0 Å². The number of likely N-dealkylation sites (N-methyl/N-ethyl adjacent to an activating group) is 1. The molecule has 1 fully saturated rings. The molecule has 0 amide bonds. The summed E-state index contributed by atoms with van der Waals surface area (Å²) in [7, 11) is 1.90. The van der Waals surface area contributed by atoms with Gasteiger partial charge in [-0.25, -0.2) is 14.8 Å². The zero-order valence-corrected chi connectivity index (χ0v) is 11.8. The maximum atomic E-state index is 11.2. The number of carbonyl (C=O) groups is 1. The number of nitrogens with zero attached hydrogens (tertiary/aromatic N) is 3. The second kappa shape index (κ2) is 5.65. The topological polar surface area (TPSA) is 75.5 Å². The number of fused-ring (bicyclic) bond motifs is 1. The third-order valence-corrected chi connectivity index (χ3v) is 3.64. The van der Waals surface area contributed by atoms with E-state index in [-0.39, 0.29) is 11.9 Å². The SMILES string of the molecule is CN(CC1CCCO1)c1nc(C(=O)O)nc2ccccc12. The van der Waals surface area contributed by atoms with Gasteiger partial charge in [0.05, 0.1) is 11.6 Å². The Morgan fingerprint density at radius 2 is 2.24 bits per heavy atom. The molecular formula is C15H17N3O3. The molecule has 1 atom stereocenters. The zero-order chi connectivity index (χ0) is 14.8. The van der Waals surface area contributed by atoms with Gasteiger partial charge >= 0.3 is 5.97 Å². The number of benzene rings is 1. The van der Waals surface area contributed by atoms with Crippen LogP contribution in [0.2, 0.25) is 0 Å². The Morgan fingerprint density at radius 1 is 1.43 bits per heavy atom. The molecular weight excluding hydrogens is 270 g/mol. The molecule has 1 unspecified atom stereocenters. The number of carboxylic acid groups (broad SMARTS) is 1. The molecule has 0 aliphatic carbocycles. The predicted molar refractivity (Wildman–Crippen MR) is 78.7 cm³/mol. The molecule has 0 spiro atoms. The first-order valence-corrected chi connectivity index (χ1v) is 6.98. The number of anilines is 1. The van der Waals surface area contributed by atoms with Crippen molar-refractivity contribution in [2.45, 2.75) is 18.9 Å². The highest BCUT2D eigenvalue weighted by Crippen LogP contribution is 2.24. The Bertz CT molecular complexity index is 668. The molecule has 0 saturated carbocycles. The molecule has 2 aromatic rings. The van der Waals surface area contributed by atoms with E-state index in [1.54, 1.807) is 6.07 Å². The molecule has 2 heterocycles. The largest absolute Gasteiger partial charge is 0.475 e. The lowest BCUT2D eigenvalue weighted by atomic mass is 10.2. The Morgan fingerprint density at radius 3 is 2.95 bits per heavy atom. The van der Waals surface area contributed by atoms with Crippen LogP contribution in [0.1, 0.15) is 23.5 Å². The smallest absolute Gasteiger partial charge is 0.374 e. The second-order valence-corrected chi connectivity index (χ2v) is 5.21. The molecule has 110 valence electrons. The van der Waals surface area contributed by atoms with Crippen molar-refractivity contribution in [2.24, 2.45) is 0 Å². The van der Waals surface area contributed by atoms with E-state index in [9.17, 15) is 4.79 Å². The van der Waals surface area contributed by atoms with Gasteiger partial charge in [0.2, 0.25) is 5.82 Å². The Labute approximate surface area is 122 Å². The molecule has 3 rings (SSSR count). The normalized spacial score (nSPS) is 18.0. The summed E-state index contributed by atoms with van der Waals surface area (Å²) in [4.78, 5) is 21.4. The van der Waals surface area contributed by atoms with E-state index in [2.05, 4.69) is 9.97 Å². The highest BCUT2D eigenvalue weighted by Gasteiger charge is 2.21. The van der Waals surface area contributed by atoms with Gasteiger partial charge in [-0.05, 0) is 25.0 Å². The number of aromatic carboxylic acids is 1. The lowest BCUT2D eigenvalue weighted by Crippen LogP contribution is -2.30. The number of carboxylic acids is 1. The minimum absolute atomic E-state index is 0.178. The Hall–Kier alpha value is -2.21. The number of hydrogen-bond acceptors (Lipinski definition) is 5. The molecule has 1 aliphatic rings. The summed E-state index contributed by atoms with van der Waals surface area (Å²) in [5.41, 5.74) is 0.638. The van der Waals surface area contributed by atoms with E-state index in [0.29, 0.717) is 17.9 Å². The maximum Gasteiger partial charge on any atom is 0.374 e. The lowest BCUT2D eigenvalue weighted by Gasteiger charge is -2.23. The summed E-state index contributed by atoms with van der Waals surface area (Å²) in [6.07, 6.45) is 2.28. The van der Waals surface area contributed by atoms with Crippen LogP contribution in [0.4, 0.5) is 5.82 Å². The molecule has 6 nitrogen and oxygen atoms in total. The van der Waals surface area contributed by atoms with E-state index in [1.807, 2.05) is 30.1 Å². The number of hydrogen-bond donors (Lipinski definition) is 1. The van der Waals surface area contributed by atoms with Gasteiger partial charge in [-0.3, -0.25) is 0 Å². The number of aromatic nitrogens is 2. The first-order chi connectivity index (χ1) is 10.1. The van der Waals surface area contributed by atoms with Gasteiger partial charge in [0.1, 0.15) is 5.82 Å². The molecule has 1 N–H and O–H groups in total. The lowest BCUT2D eigenvalue weighted by molar-refractivity contribution is 0.0684. The van der Waals surface area contributed by atoms with Crippen molar-refractivity contribution in [3.8, 4) is 0 Å². The Balaban J connectivity index is 2.00. The van der Waals surface area contributed by atoms with Crippen molar-refractivity contribution < 1.29 is 14.6 Å². The van der Waals surface area contributed by atoms with Crippen molar-refractivity contribution >= 4 is 22.7 Å². The van der Waals surface area contributed by atoms with Gasteiger partial charge in [0.25, 0.3) is 0 Å². The molecule has 21 heavy (non-hydrogen) atoms. The zero-order valence-electron chi connectivity index (χ0n) is 11.8. The fourth-order valence-electron chi connectivity index (χ4n) is 2.63. The van der Waals surface area contributed by atoms with E-state index in [4.69, 9.17) is 9.84 Å². The Kier molecular flexibility index (Phi) is 3.70. The third kappa shape index (κ3) is 2.80. The van der Waals surface area contributed by atoms with Crippen LogP contribution in [0.5, 0.6) is 0 Å². The third-order valence-electron chi connectivity index (χ3n) is 3.64. The second-order valence-electron chi connectivity index (χ2n) is 5.21. The predicted octanol–water partition coefficient (Wildman–Crippen LogP) is 1.94. The molecule has 0 radical (unpaired) electrons. The van der Waals surface area contributed by atoms with Crippen LogP contribution in [-0.4, -0.2) is 47.3 Å². The van der Waals surface area contributed by atoms with Crippen LogP contribution in [-0.2, 0) is 4.74 Å². The quantitative estimate of drug-likeness (QED) is 0.926. The molecule has 1 aliphatic heterocycles. The van der Waals surface area contributed by atoms with Crippen molar-refractivity contribution in [1.82, 2.24) is 9.97 Å². The monoisotopic (exact) mass is 287 g/mol. The van der Waals surface area contributed by atoms with Crippen LogP contribution in [0.15, 0.2) is 24.3 Å². The van der Waals surface area contributed by atoms with Crippen LogP contribution in [0.3, 0.4) is 0 Å². The standard InChI is InChI=1S/C15H17N3O3/c1-18(9-10-5-4-8-21-10)14-11-6-2-3-7-12(11)16-13(17-14)15(19)20/h2-3,6-7,10H,4-5,8-9H2,1H3,(H,19,20). The minimum Gasteiger partial charge on any atom is -0.475 e. The number of ether oxygens (including phenoxy) is 1. The van der Waals surface area contributed by atoms with Crippen LogP contribution in [0, 0.1) is 0 Å². The summed E-state index contributed by atoms with van der Waals surface area (Å²) in [6, 6.07) is 7.44. The van der Waals surface area contributed by atoms with Gasteiger partial charge in [0, 0.05) is 25.6 Å². The summed E-state index contributed by atoms with van der Waals surface area (Å²) in [5.74, 6) is -0.663. The molecule has 1 aromatic heterocycles. The molecule has 1 aromatic carbocycles. The van der Waals surface area contributed by atoms with Crippen molar-refractivity contribution in [2.75, 3.05) is 25.1 Å². The van der Waals surface area contributed by atoms with E-state index >= 15 is 0 Å². The van der Waals surface area contributed by atoms with Crippen molar-refractivity contribution in [3.05, 3.63) is 30.1 Å². The number of rotatable bonds is 4. The van der Waals surface area contributed by atoms with E-state index in [1.165, 1.54) is 0 Å². The number of para-hydroxylation sites is 1. The first-order valence-electron chi connectivity index (χ1n) is 6.98. The van der Waals surface area contributed by atoms with Gasteiger partial charge < -0.3 is 14.7 Å². The van der Waals surface area contributed by atoms with Crippen molar-refractivity contribution in [3.63, 3.8) is 0 Å². The van der Waals surface area contributed by atoms with Crippen LogP contribution in [0.25, 0.3) is 10.9 Å². The summed E-state index contributed by atoms with van der Waals surface area (Å²) in [6.45, 7) is 1.49. The van der Waals surface area contributed by atoms with Gasteiger partial charge in [-0.1, -0.05) is 12.1 Å². The van der Waals surface area contributed by atoms with Gasteiger partial charge in [-0.2, -0.15) is 0 Å². The minimum atomic E-state index is -1.12. The molecule has 6 heteroatoms. The highest BCUT2D eigenvalue weighted by molar-refractivity contribution is 5.93. The van der Waals surface area contributed by atoms with E-state index < -0.39 is 5.97 Å². The van der Waals surface area contributed by atoms with Crippen LogP contribution >= 0.6 is 0 Å². The first kappa shape index (κ1) is 13.8. The summed E-state index contributed by atoms with van der Waals surface area (Å²) < 4.78 is 5.63. The van der Waals surface area contributed by atoms with Crippen LogP contribution < -0.4 is 4.90 Å². The maximum absolute atomic E-state index is 11.2.